The molecule has 1 N–H and O–H groups in total. The summed E-state index contributed by atoms with van der Waals surface area (Å²) in [6.07, 6.45) is 0. The van der Waals surface area contributed by atoms with E-state index in [1.54, 1.807) is 0 Å². The van der Waals surface area contributed by atoms with Crippen molar-refractivity contribution in [3.8, 4) is 0 Å². The number of nitrogens with zero attached hydrogens (tertiary/aromatic N) is 2. The van der Waals surface area contributed by atoms with Crippen LogP contribution in [0.3, 0.4) is 0 Å². The maximum Gasteiger partial charge on any atom is 0.321 e. The molecule has 1 saturated heterocycles. The summed E-state index contributed by atoms with van der Waals surface area (Å²) in [5.74, 6) is 0. The molecule has 0 atom stereocenters. The quantitative estimate of drug-likeness (QED) is 0.920. The van der Waals surface area contributed by atoms with Crippen LogP contribution in [0.1, 0.15) is 22.3 Å². The van der Waals surface area contributed by atoms with Gasteiger partial charge in [0.2, 0.25) is 0 Å². The average molecular weight is 337 g/mol. The van der Waals surface area contributed by atoms with Crippen molar-refractivity contribution in [1.29, 1.82) is 0 Å². The predicted octanol–water partition coefficient (Wildman–Crippen LogP) is 3.96. The Balaban J connectivity index is 1.54. The number of anilines is 1. The van der Waals surface area contributed by atoms with Gasteiger partial charge in [0, 0.05) is 38.4 Å². The molecule has 0 radical (unpaired) electrons. The van der Waals surface area contributed by atoms with Crippen molar-refractivity contribution in [1.82, 2.24) is 9.80 Å². The summed E-state index contributed by atoms with van der Waals surface area (Å²) in [6.45, 7) is 10.6. The topological polar surface area (TPSA) is 35.6 Å². The number of amides is 2. The number of piperazine rings is 1. The Hall–Kier alpha value is -2.33. The molecule has 25 heavy (non-hydrogen) atoms. The SMILES string of the molecule is Cc1ccccc1CN1CCN(C(=O)Nc2cccc(C)c2C)CC1. The van der Waals surface area contributed by atoms with Crippen molar-refractivity contribution in [3.63, 3.8) is 0 Å². The summed E-state index contributed by atoms with van der Waals surface area (Å²) in [5, 5.41) is 3.06. The fourth-order valence-corrected chi connectivity index (χ4v) is 3.22. The number of hydrogen-bond acceptors (Lipinski definition) is 2. The lowest BCUT2D eigenvalue weighted by atomic mass is 10.1. The van der Waals surface area contributed by atoms with Gasteiger partial charge in [0.15, 0.2) is 0 Å². The molecule has 0 spiro atoms. The van der Waals surface area contributed by atoms with Crippen LogP contribution >= 0.6 is 0 Å². The number of carbonyl (C=O) groups excluding carboxylic acids is 1. The second-order valence-corrected chi connectivity index (χ2v) is 6.87. The van der Waals surface area contributed by atoms with E-state index >= 15 is 0 Å². The second-order valence-electron chi connectivity index (χ2n) is 6.87. The Morgan fingerprint density at radius 3 is 2.32 bits per heavy atom. The molecule has 132 valence electrons. The highest BCUT2D eigenvalue weighted by Crippen LogP contribution is 2.19. The number of carbonyl (C=O) groups is 1. The van der Waals surface area contributed by atoms with Gasteiger partial charge in [-0.3, -0.25) is 4.90 Å². The molecule has 0 aromatic heterocycles. The number of benzene rings is 2. The number of nitrogens with one attached hydrogen (secondary N) is 1. The van der Waals surface area contributed by atoms with E-state index in [0.717, 1.165) is 44.0 Å². The van der Waals surface area contributed by atoms with Gasteiger partial charge >= 0.3 is 6.03 Å². The zero-order valence-electron chi connectivity index (χ0n) is 15.4. The van der Waals surface area contributed by atoms with E-state index in [2.05, 4.69) is 54.4 Å². The summed E-state index contributed by atoms with van der Waals surface area (Å²) in [7, 11) is 0. The maximum atomic E-state index is 12.5. The van der Waals surface area contributed by atoms with Crippen molar-refractivity contribution >= 4 is 11.7 Å². The van der Waals surface area contributed by atoms with Crippen LogP contribution in [0.15, 0.2) is 42.5 Å². The molecule has 1 heterocycles. The van der Waals surface area contributed by atoms with Gasteiger partial charge in [0.25, 0.3) is 0 Å². The molecule has 0 unspecified atom stereocenters. The highest BCUT2D eigenvalue weighted by molar-refractivity contribution is 5.90. The number of rotatable bonds is 3. The van der Waals surface area contributed by atoms with Crippen LogP contribution in [0.25, 0.3) is 0 Å². The van der Waals surface area contributed by atoms with Gasteiger partial charge in [-0.25, -0.2) is 4.79 Å². The molecule has 4 heteroatoms. The van der Waals surface area contributed by atoms with E-state index in [1.807, 2.05) is 24.0 Å². The first kappa shape index (κ1) is 17.5. The molecule has 1 fully saturated rings. The minimum absolute atomic E-state index is 0.00393. The summed E-state index contributed by atoms with van der Waals surface area (Å²) < 4.78 is 0. The standard InChI is InChI=1S/C21H27N3O/c1-16-8-6-10-20(18(16)3)22-21(25)24-13-11-23(12-14-24)15-19-9-5-4-7-17(19)2/h4-10H,11-15H2,1-3H3,(H,22,25). The molecule has 0 bridgehead atoms. The Morgan fingerprint density at radius 1 is 0.920 bits per heavy atom. The van der Waals surface area contributed by atoms with Gasteiger partial charge in [-0.15, -0.1) is 0 Å². The molecule has 2 aromatic carbocycles. The highest BCUT2D eigenvalue weighted by Gasteiger charge is 2.21. The number of aryl methyl sites for hydroxylation is 2. The maximum absolute atomic E-state index is 12.5. The highest BCUT2D eigenvalue weighted by atomic mass is 16.2. The molecule has 4 nitrogen and oxygen atoms in total. The fourth-order valence-electron chi connectivity index (χ4n) is 3.22. The van der Waals surface area contributed by atoms with Crippen LogP contribution < -0.4 is 5.32 Å². The molecule has 3 rings (SSSR count). The van der Waals surface area contributed by atoms with E-state index in [1.165, 1.54) is 16.7 Å². The van der Waals surface area contributed by atoms with Crippen molar-refractivity contribution in [2.24, 2.45) is 0 Å². The van der Waals surface area contributed by atoms with Crippen molar-refractivity contribution in [3.05, 3.63) is 64.7 Å². The molecule has 0 saturated carbocycles. The van der Waals surface area contributed by atoms with Crippen LogP contribution in [0.2, 0.25) is 0 Å². The van der Waals surface area contributed by atoms with Gasteiger partial charge in [0.1, 0.15) is 0 Å². The van der Waals surface area contributed by atoms with Gasteiger partial charge in [-0.1, -0.05) is 36.4 Å². The summed E-state index contributed by atoms with van der Waals surface area (Å²) in [5.41, 5.74) is 5.94. The second kappa shape index (κ2) is 7.70. The van der Waals surface area contributed by atoms with Gasteiger partial charge in [-0.2, -0.15) is 0 Å². The molecule has 1 aliphatic heterocycles. The monoisotopic (exact) mass is 337 g/mol. The lowest BCUT2D eigenvalue weighted by Crippen LogP contribution is -2.49. The molecule has 0 aliphatic carbocycles. The van der Waals surface area contributed by atoms with Crippen LogP contribution in [0.5, 0.6) is 0 Å². The Bertz CT molecular complexity index is 749. The van der Waals surface area contributed by atoms with Crippen LogP contribution in [-0.4, -0.2) is 42.0 Å². The molecular formula is C21H27N3O. The lowest BCUT2D eigenvalue weighted by Gasteiger charge is -2.35. The Kier molecular flexibility index (Phi) is 5.39. The van der Waals surface area contributed by atoms with Crippen LogP contribution in [0.4, 0.5) is 10.5 Å². The third-order valence-electron chi connectivity index (χ3n) is 5.16. The lowest BCUT2D eigenvalue weighted by molar-refractivity contribution is 0.143. The first-order valence-corrected chi connectivity index (χ1v) is 8.93. The molecule has 1 aliphatic rings. The van der Waals surface area contributed by atoms with E-state index in [4.69, 9.17) is 0 Å². The normalized spacial score (nSPS) is 15.2. The van der Waals surface area contributed by atoms with Crippen molar-refractivity contribution < 1.29 is 4.79 Å². The van der Waals surface area contributed by atoms with Crippen molar-refractivity contribution in [2.45, 2.75) is 27.3 Å². The van der Waals surface area contributed by atoms with Gasteiger partial charge in [0.05, 0.1) is 0 Å². The predicted molar refractivity (Wildman–Crippen MR) is 103 cm³/mol. The van der Waals surface area contributed by atoms with Gasteiger partial charge < -0.3 is 10.2 Å². The smallest absolute Gasteiger partial charge is 0.321 e. The third kappa shape index (κ3) is 4.20. The minimum Gasteiger partial charge on any atom is -0.322 e. The van der Waals surface area contributed by atoms with E-state index in [0.29, 0.717) is 0 Å². The van der Waals surface area contributed by atoms with E-state index in [9.17, 15) is 4.79 Å². The van der Waals surface area contributed by atoms with Crippen molar-refractivity contribution in [2.75, 3.05) is 31.5 Å². The van der Waals surface area contributed by atoms with E-state index in [-0.39, 0.29) is 6.03 Å². The number of urea groups is 1. The first-order valence-electron chi connectivity index (χ1n) is 8.93. The summed E-state index contributed by atoms with van der Waals surface area (Å²) in [4.78, 5) is 16.9. The van der Waals surface area contributed by atoms with Crippen LogP contribution in [-0.2, 0) is 6.54 Å². The van der Waals surface area contributed by atoms with E-state index < -0.39 is 0 Å². The zero-order valence-corrected chi connectivity index (χ0v) is 15.4. The Morgan fingerprint density at radius 2 is 1.60 bits per heavy atom. The van der Waals surface area contributed by atoms with Gasteiger partial charge in [-0.05, 0) is 49.1 Å². The molecule has 2 aromatic rings. The zero-order chi connectivity index (χ0) is 17.8. The number of hydrogen-bond donors (Lipinski definition) is 1. The third-order valence-corrected chi connectivity index (χ3v) is 5.16. The Labute approximate surface area is 150 Å². The van der Waals surface area contributed by atoms with Crippen LogP contribution in [0, 0.1) is 20.8 Å². The first-order chi connectivity index (χ1) is 12.0. The minimum atomic E-state index is 0.00393. The fraction of sp³-hybridized carbons (Fsp3) is 0.381. The summed E-state index contributed by atoms with van der Waals surface area (Å²) in [6, 6.07) is 14.5. The summed E-state index contributed by atoms with van der Waals surface area (Å²) >= 11 is 0. The molecular weight excluding hydrogens is 310 g/mol. The largest absolute Gasteiger partial charge is 0.322 e. The molecule has 2 amide bonds. The average Bonchev–Trinajstić information content (AvgIpc) is 2.61.